The lowest BCUT2D eigenvalue weighted by molar-refractivity contribution is 0.0307. The van der Waals surface area contributed by atoms with E-state index in [2.05, 4.69) is 0 Å². The van der Waals surface area contributed by atoms with E-state index >= 15 is 0 Å². The Bertz CT molecular complexity index is 129. The molecule has 8 heavy (non-hydrogen) atoms. The van der Waals surface area contributed by atoms with Gasteiger partial charge in [0, 0.05) is 6.42 Å². The molecule has 1 aliphatic rings. The van der Waals surface area contributed by atoms with Crippen LogP contribution >= 0.6 is 0 Å². The van der Waals surface area contributed by atoms with Gasteiger partial charge in [0.15, 0.2) is 0 Å². The van der Waals surface area contributed by atoms with Gasteiger partial charge in [-0.05, 0) is 0 Å². The molecule has 0 radical (unpaired) electrons. The molecule has 0 saturated heterocycles. The molecule has 0 aromatic rings. The molecule has 1 aliphatic carbocycles. The van der Waals surface area contributed by atoms with Gasteiger partial charge >= 0.3 is 0 Å². The van der Waals surface area contributed by atoms with E-state index in [9.17, 15) is 8.78 Å². The van der Waals surface area contributed by atoms with E-state index < -0.39 is 18.3 Å². The van der Waals surface area contributed by atoms with Crippen molar-refractivity contribution in [3.05, 3.63) is 0 Å². The number of hydrogen-bond acceptors (Lipinski definition) is 1. The Morgan fingerprint density at radius 1 is 1.50 bits per heavy atom. The number of halogens is 2. The first-order valence-electron chi connectivity index (χ1n) is 2.43. The molecule has 0 aromatic carbocycles. The molecule has 0 spiro atoms. The Kier molecular flexibility index (Phi) is 1.16. The summed E-state index contributed by atoms with van der Waals surface area (Å²) >= 11 is 0. The standard InChI is InChI=1S/C5H5F2N/c6-4-1-3(2-8)5(4)7/h3-5H,1H2. The lowest BCUT2D eigenvalue weighted by Gasteiger charge is -2.28. The number of rotatable bonds is 0. The van der Waals surface area contributed by atoms with Crippen molar-refractivity contribution in [1.82, 2.24) is 0 Å². The topological polar surface area (TPSA) is 23.8 Å². The zero-order valence-corrected chi connectivity index (χ0v) is 4.14. The van der Waals surface area contributed by atoms with Crippen molar-refractivity contribution >= 4 is 0 Å². The third-order valence-electron chi connectivity index (χ3n) is 1.37. The maximum absolute atomic E-state index is 12.0. The molecule has 44 valence electrons. The van der Waals surface area contributed by atoms with Crippen molar-refractivity contribution in [2.24, 2.45) is 5.92 Å². The van der Waals surface area contributed by atoms with Gasteiger partial charge in [-0.3, -0.25) is 0 Å². The van der Waals surface area contributed by atoms with Gasteiger partial charge in [0.25, 0.3) is 0 Å². The summed E-state index contributed by atoms with van der Waals surface area (Å²) in [6.07, 6.45) is -2.81. The lowest BCUT2D eigenvalue weighted by Crippen LogP contribution is -2.39. The van der Waals surface area contributed by atoms with E-state index in [1.54, 1.807) is 6.07 Å². The van der Waals surface area contributed by atoms with Crippen LogP contribution in [-0.4, -0.2) is 12.3 Å². The largest absolute Gasteiger partial charge is 0.244 e. The summed E-state index contributed by atoms with van der Waals surface area (Å²) in [5.74, 6) is -0.676. The lowest BCUT2D eigenvalue weighted by atomic mass is 9.83. The first kappa shape index (κ1) is 5.49. The minimum atomic E-state index is -1.51. The number of nitriles is 1. The summed E-state index contributed by atoms with van der Waals surface area (Å²) in [4.78, 5) is 0. The van der Waals surface area contributed by atoms with Gasteiger partial charge in [0.1, 0.15) is 12.3 Å². The van der Waals surface area contributed by atoms with Crippen LogP contribution in [-0.2, 0) is 0 Å². The van der Waals surface area contributed by atoms with E-state index in [1.807, 2.05) is 0 Å². The van der Waals surface area contributed by atoms with Crippen LogP contribution in [0.1, 0.15) is 6.42 Å². The van der Waals surface area contributed by atoms with Crippen molar-refractivity contribution in [1.29, 1.82) is 5.26 Å². The third-order valence-corrected chi connectivity index (χ3v) is 1.37. The molecule has 0 N–H and O–H groups in total. The summed E-state index contributed by atoms with van der Waals surface area (Å²) in [5, 5.41) is 8.02. The van der Waals surface area contributed by atoms with E-state index in [-0.39, 0.29) is 6.42 Å². The quantitative estimate of drug-likeness (QED) is 0.467. The van der Waals surface area contributed by atoms with E-state index in [0.29, 0.717) is 0 Å². The highest BCUT2D eigenvalue weighted by Crippen LogP contribution is 2.32. The van der Waals surface area contributed by atoms with Gasteiger partial charge in [-0.1, -0.05) is 0 Å². The molecular weight excluding hydrogens is 112 g/mol. The second kappa shape index (κ2) is 1.70. The predicted octanol–water partition coefficient (Wildman–Crippen LogP) is 1.21. The normalized spacial score (nSPS) is 44.9. The molecule has 0 bridgehead atoms. The SMILES string of the molecule is N#CC1CC(F)C1F. The summed E-state index contributed by atoms with van der Waals surface area (Å²) in [5.41, 5.74) is 0. The van der Waals surface area contributed by atoms with Crippen LogP contribution < -0.4 is 0 Å². The maximum atomic E-state index is 12.0. The van der Waals surface area contributed by atoms with E-state index in [4.69, 9.17) is 5.26 Å². The average Bonchev–Trinajstić information content (AvgIpc) is 1.81. The number of alkyl halides is 2. The second-order valence-corrected chi connectivity index (χ2v) is 1.93. The van der Waals surface area contributed by atoms with Crippen LogP contribution in [0.4, 0.5) is 8.78 Å². The summed E-state index contributed by atoms with van der Waals surface area (Å²) < 4.78 is 23.8. The molecule has 0 aromatic heterocycles. The molecule has 0 aliphatic heterocycles. The summed E-state index contributed by atoms with van der Waals surface area (Å²) in [7, 11) is 0. The second-order valence-electron chi connectivity index (χ2n) is 1.93. The molecule has 0 heterocycles. The maximum Gasteiger partial charge on any atom is 0.147 e. The van der Waals surface area contributed by atoms with Crippen molar-refractivity contribution in [2.75, 3.05) is 0 Å². The summed E-state index contributed by atoms with van der Waals surface area (Å²) in [6, 6.07) is 1.67. The van der Waals surface area contributed by atoms with Gasteiger partial charge in [-0.15, -0.1) is 0 Å². The molecule has 3 atom stereocenters. The Morgan fingerprint density at radius 2 is 2.12 bits per heavy atom. The number of nitrogens with zero attached hydrogens (tertiary/aromatic N) is 1. The predicted molar refractivity (Wildman–Crippen MR) is 23.5 cm³/mol. The highest BCUT2D eigenvalue weighted by Gasteiger charge is 2.41. The fourth-order valence-electron chi connectivity index (χ4n) is 0.683. The van der Waals surface area contributed by atoms with Gasteiger partial charge in [0.05, 0.1) is 12.0 Å². The fourth-order valence-corrected chi connectivity index (χ4v) is 0.683. The van der Waals surface area contributed by atoms with Crippen LogP contribution in [0.15, 0.2) is 0 Å². The molecule has 3 unspecified atom stereocenters. The first-order chi connectivity index (χ1) is 3.75. The molecule has 1 nitrogen and oxygen atoms in total. The van der Waals surface area contributed by atoms with Crippen LogP contribution in [0.3, 0.4) is 0 Å². The van der Waals surface area contributed by atoms with Crippen molar-refractivity contribution < 1.29 is 8.78 Å². The minimum Gasteiger partial charge on any atom is -0.244 e. The summed E-state index contributed by atoms with van der Waals surface area (Å²) in [6.45, 7) is 0. The smallest absolute Gasteiger partial charge is 0.147 e. The van der Waals surface area contributed by atoms with Crippen LogP contribution in [0.2, 0.25) is 0 Å². The average molecular weight is 117 g/mol. The van der Waals surface area contributed by atoms with Crippen LogP contribution in [0, 0.1) is 17.2 Å². The van der Waals surface area contributed by atoms with E-state index in [0.717, 1.165) is 0 Å². The molecule has 1 fully saturated rings. The van der Waals surface area contributed by atoms with E-state index in [1.165, 1.54) is 0 Å². The molecule has 3 heteroatoms. The van der Waals surface area contributed by atoms with Crippen molar-refractivity contribution in [3.8, 4) is 6.07 Å². The highest BCUT2D eigenvalue weighted by molar-refractivity contribution is 5.01. The van der Waals surface area contributed by atoms with Gasteiger partial charge in [-0.2, -0.15) is 5.26 Å². The van der Waals surface area contributed by atoms with Crippen LogP contribution in [0.5, 0.6) is 0 Å². The van der Waals surface area contributed by atoms with Crippen molar-refractivity contribution in [3.63, 3.8) is 0 Å². The Hall–Kier alpha value is -0.650. The van der Waals surface area contributed by atoms with Gasteiger partial charge < -0.3 is 0 Å². The molecule has 0 amide bonds. The van der Waals surface area contributed by atoms with Gasteiger partial charge in [-0.25, -0.2) is 8.78 Å². The highest BCUT2D eigenvalue weighted by atomic mass is 19.2. The molecular formula is C5H5F2N. The Morgan fingerprint density at radius 3 is 2.25 bits per heavy atom. The number of hydrogen-bond donors (Lipinski definition) is 0. The Labute approximate surface area is 45.9 Å². The third kappa shape index (κ3) is 0.568. The van der Waals surface area contributed by atoms with Gasteiger partial charge in [0.2, 0.25) is 0 Å². The van der Waals surface area contributed by atoms with Crippen molar-refractivity contribution in [2.45, 2.75) is 18.8 Å². The fraction of sp³-hybridized carbons (Fsp3) is 0.800. The first-order valence-corrected chi connectivity index (χ1v) is 2.43. The zero-order chi connectivity index (χ0) is 6.15. The molecule has 1 rings (SSSR count). The minimum absolute atomic E-state index is 0.0810. The monoisotopic (exact) mass is 117 g/mol. The Balaban J connectivity index is 2.39. The van der Waals surface area contributed by atoms with Crippen LogP contribution in [0.25, 0.3) is 0 Å². The zero-order valence-electron chi connectivity index (χ0n) is 4.14. The molecule has 1 saturated carbocycles.